The highest BCUT2D eigenvalue weighted by molar-refractivity contribution is 5.41. The van der Waals surface area contributed by atoms with Crippen molar-refractivity contribution >= 4 is 0 Å². The molecule has 0 aromatic heterocycles. The summed E-state index contributed by atoms with van der Waals surface area (Å²) in [5, 5.41) is 3.40. The number of terminal acetylenes is 1. The normalized spacial score (nSPS) is 18.6. The summed E-state index contributed by atoms with van der Waals surface area (Å²) in [6.07, 6.45) is 7.63. The fourth-order valence-corrected chi connectivity index (χ4v) is 2.29. The number of fused-ring (bicyclic) bond motifs is 1. The molecule has 2 rings (SSSR count). The lowest BCUT2D eigenvalue weighted by Gasteiger charge is -2.13. The van der Waals surface area contributed by atoms with E-state index in [1.54, 1.807) is 0 Å². The second-order valence-corrected chi connectivity index (χ2v) is 4.31. The van der Waals surface area contributed by atoms with Crippen LogP contribution in [0.4, 0.5) is 0 Å². The first-order valence-corrected chi connectivity index (χ1v) is 5.49. The summed E-state index contributed by atoms with van der Waals surface area (Å²) in [7, 11) is 0. The van der Waals surface area contributed by atoms with Gasteiger partial charge < -0.3 is 0 Å². The van der Waals surface area contributed by atoms with Crippen molar-refractivity contribution in [3.05, 3.63) is 34.4 Å². The van der Waals surface area contributed by atoms with E-state index >= 15 is 0 Å². The highest BCUT2D eigenvalue weighted by Gasteiger charge is 2.21. The molecule has 0 aliphatic heterocycles. The van der Waals surface area contributed by atoms with Gasteiger partial charge in [0.25, 0.3) is 0 Å². The Balaban J connectivity index is 2.27. The predicted molar refractivity (Wildman–Crippen MR) is 63.8 cm³/mol. The lowest BCUT2D eigenvalue weighted by Crippen LogP contribution is -2.19. The summed E-state index contributed by atoms with van der Waals surface area (Å²) in [5.74, 6) is 2.64. The third-order valence-corrected chi connectivity index (χ3v) is 3.28. The van der Waals surface area contributed by atoms with Gasteiger partial charge in [-0.05, 0) is 48.9 Å². The fourth-order valence-electron chi connectivity index (χ4n) is 2.29. The number of nitrogens with one attached hydrogen (secondary N) is 1. The molecule has 78 valence electrons. The molecule has 1 aromatic carbocycles. The van der Waals surface area contributed by atoms with E-state index in [1.165, 1.54) is 35.1 Å². The Labute approximate surface area is 91.9 Å². The highest BCUT2D eigenvalue weighted by atomic mass is 14.9. The van der Waals surface area contributed by atoms with Crippen LogP contribution in [0.15, 0.2) is 12.1 Å². The molecule has 0 unspecified atom stereocenters. The van der Waals surface area contributed by atoms with Crippen LogP contribution in [-0.4, -0.2) is 6.54 Å². The SMILES string of the molecule is C#CCN[C@@H]1CCc2cc(C)c(C)cc21. The molecule has 0 bridgehead atoms. The Morgan fingerprint density at radius 2 is 2.13 bits per heavy atom. The molecule has 0 fully saturated rings. The van der Waals surface area contributed by atoms with Crippen LogP contribution in [-0.2, 0) is 6.42 Å². The molecule has 1 N–H and O–H groups in total. The van der Waals surface area contributed by atoms with Crippen LogP contribution in [0.5, 0.6) is 0 Å². The Bertz CT molecular complexity index is 412. The molecule has 0 amide bonds. The predicted octanol–water partition coefficient (Wildman–Crippen LogP) is 2.51. The third kappa shape index (κ3) is 1.91. The molecule has 1 heteroatoms. The van der Waals surface area contributed by atoms with Crippen molar-refractivity contribution in [2.45, 2.75) is 32.7 Å². The average Bonchev–Trinajstić information content (AvgIpc) is 2.59. The van der Waals surface area contributed by atoms with E-state index in [-0.39, 0.29) is 0 Å². The molecule has 1 nitrogen and oxygen atoms in total. The Morgan fingerprint density at radius 1 is 1.40 bits per heavy atom. The molecule has 1 aromatic rings. The average molecular weight is 199 g/mol. The Morgan fingerprint density at radius 3 is 2.87 bits per heavy atom. The van der Waals surface area contributed by atoms with Gasteiger partial charge in [0.2, 0.25) is 0 Å². The number of hydrogen-bond acceptors (Lipinski definition) is 1. The maximum absolute atomic E-state index is 5.27. The highest BCUT2D eigenvalue weighted by Crippen LogP contribution is 2.32. The maximum atomic E-state index is 5.27. The van der Waals surface area contributed by atoms with Crippen molar-refractivity contribution < 1.29 is 0 Å². The van der Waals surface area contributed by atoms with Crippen molar-refractivity contribution in [3.8, 4) is 12.3 Å². The quantitative estimate of drug-likeness (QED) is 0.722. The van der Waals surface area contributed by atoms with Crippen molar-refractivity contribution in [3.63, 3.8) is 0 Å². The zero-order chi connectivity index (χ0) is 10.8. The number of hydrogen-bond donors (Lipinski definition) is 1. The minimum Gasteiger partial charge on any atom is -0.299 e. The Hall–Kier alpha value is -1.26. The maximum Gasteiger partial charge on any atom is 0.0578 e. The number of aryl methyl sites for hydroxylation is 3. The van der Waals surface area contributed by atoms with Crippen LogP contribution in [0.25, 0.3) is 0 Å². The van der Waals surface area contributed by atoms with Gasteiger partial charge in [0.05, 0.1) is 6.54 Å². The van der Waals surface area contributed by atoms with Crippen LogP contribution in [0.1, 0.15) is 34.7 Å². The van der Waals surface area contributed by atoms with Crippen LogP contribution in [0, 0.1) is 26.2 Å². The van der Waals surface area contributed by atoms with Gasteiger partial charge in [0.1, 0.15) is 0 Å². The number of rotatable bonds is 2. The Kier molecular flexibility index (Phi) is 2.79. The van der Waals surface area contributed by atoms with Crippen molar-refractivity contribution in [2.24, 2.45) is 0 Å². The van der Waals surface area contributed by atoms with Gasteiger partial charge in [-0.25, -0.2) is 0 Å². The van der Waals surface area contributed by atoms with Crippen LogP contribution in [0.3, 0.4) is 0 Å². The summed E-state index contributed by atoms with van der Waals surface area (Å²) in [6, 6.07) is 5.10. The van der Waals surface area contributed by atoms with Gasteiger partial charge >= 0.3 is 0 Å². The minimum absolute atomic E-state index is 0.468. The number of benzene rings is 1. The van der Waals surface area contributed by atoms with Gasteiger partial charge in [-0.15, -0.1) is 6.42 Å². The molecule has 15 heavy (non-hydrogen) atoms. The zero-order valence-corrected chi connectivity index (χ0v) is 9.43. The van der Waals surface area contributed by atoms with Crippen LogP contribution < -0.4 is 5.32 Å². The van der Waals surface area contributed by atoms with Gasteiger partial charge in [-0.2, -0.15) is 0 Å². The second-order valence-electron chi connectivity index (χ2n) is 4.31. The standard InChI is InChI=1S/C14H17N/c1-4-7-15-14-6-5-12-8-10(2)11(3)9-13(12)14/h1,8-9,14-15H,5-7H2,2-3H3/t14-/m1/s1. The van der Waals surface area contributed by atoms with Crippen molar-refractivity contribution in [2.75, 3.05) is 6.54 Å². The van der Waals surface area contributed by atoms with E-state index in [9.17, 15) is 0 Å². The fraction of sp³-hybridized carbons (Fsp3) is 0.429. The van der Waals surface area contributed by atoms with Gasteiger partial charge in [0, 0.05) is 6.04 Å². The second kappa shape index (κ2) is 4.08. The summed E-state index contributed by atoms with van der Waals surface area (Å²) < 4.78 is 0. The summed E-state index contributed by atoms with van der Waals surface area (Å²) in [6.45, 7) is 5.01. The molecule has 0 heterocycles. The van der Waals surface area contributed by atoms with Crippen LogP contribution >= 0.6 is 0 Å². The minimum atomic E-state index is 0.468. The molecule has 0 saturated heterocycles. The van der Waals surface area contributed by atoms with E-state index in [0.29, 0.717) is 12.6 Å². The summed E-state index contributed by atoms with van der Waals surface area (Å²) in [5.41, 5.74) is 5.72. The molecular weight excluding hydrogens is 182 g/mol. The van der Waals surface area contributed by atoms with E-state index in [1.807, 2.05) is 0 Å². The largest absolute Gasteiger partial charge is 0.299 e. The summed E-state index contributed by atoms with van der Waals surface area (Å²) in [4.78, 5) is 0. The molecule has 0 saturated carbocycles. The molecule has 0 radical (unpaired) electrons. The first kappa shape index (κ1) is 10.3. The molecular formula is C14H17N. The van der Waals surface area contributed by atoms with E-state index in [4.69, 9.17) is 6.42 Å². The van der Waals surface area contributed by atoms with Gasteiger partial charge in [-0.1, -0.05) is 18.1 Å². The monoisotopic (exact) mass is 199 g/mol. The van der Waals surface area contributed by atoms with Crippen molar-refractivity contribution in [1.29, 1.82) is 0 Å². The van der Waals surface area contributed by atoms with E-state index < -0.39 is 0 Å². The van der Waals surface area contributed by atoms with Gasteiger partial charge in [-0.3, -0.25) is 5.32 Å². The lowest BCUT2D eigenvalue weighted by molar-refractivity contribution is 0.568. The third-order valence-electron chi connectivity index (χ3n) is 3.28. The molecule has 1 aliphatic carbocycles. The van der Waals surface area contributed by atoms with E-state index in [2.05, 4.69) is 37.2 Å². The van der Waals surface area contributed by atoms with E-state index in [0.717, 1.165) is 0 Å². The molecule has 1 aliphatic rings. The zero-order valence-electron chi connectivity index (χ0n) is 9.43. The first-order chi connectivity index (χ1) is 7.22. The smallest absolute Gasteiger partial charge is 0.0578 e. The lowest BCUT2D eigenvalue weighted by atomic mass is 10.0. The van der Waals surface area contributed by atoms with Crippen molar-refractivity contribution in [1.82, 2.24) is 5.32 Å². The summed E-state index contributed by atoms with van der Waals surface area (Å²) >= 11 is 0. The first-order valence-electron chi connectivity index (χ1n) is 5.49. The molecule has 1 atom stereocenters. The topological polar surface area (TPSA) is 12.0 Å². The molecule has 0 spiro atoms. The van der Waals surface area contributed by atoms with Crippen LogP contribution in [0.2, 0.25) is 0 Å². The van der Waals surface area contributed by atoms with Gasteiger partial charge in [0.15, 0.2) is 0 Å².